The van der Waals surface area contributed by atoms with Gasteiger partial charge in [-0.05, 0) is 60.4 Å². The second-order valence-corrected chi connectivity index (χ2v) is 12.9. The number of anilines is 1. The average Bonchev–Trinajstić information content (AvgIpc) is 3.68. The van der Waals surface area contributed by atoms with E-state index in [0.717, 1.165) is 18.4 Å². The van der Waals surface area contributed by atoms with E-state index in [2.05, 4.69) is 19.4 Å². The standard InChI is InChI=1S/C33H36N4O9S/c1-2-3-7-18-47(41,42)36-29(31(38)44-21-24-8-5-4-6-9-24)19-23-10-16-27(17-11-23)43-22-28-20-37(33(40)45-28)26-14-12-25(13-15-26)30-34-32(39)46-35-30/h4-6,8-17,28-29,36H,2-3,7,18-22H2,1H3,(H,34,35,39). The lowest BCUT2D eigenvalue weighted by atomic mass is 10.1. The number of hydrogen-bond donors (Lipinski definition) is 2. The predicted molar refractivity (Wildman–Crippen MR) is 172 cm³/mol. The van der Waals surface area contributed by atoms with Crippen LogP contribution in [0.4, 0.5) is 10.5 Å². The topological polar surface area (TPSA) is 170 Å². The number of esters is 1. The largest absolute Gasteiger partial charge is 0.490 e. The summed E-state index contributed by atoms with van der Waals surface area (Å²) in [6.07, 6.45) is 1.18. The lowest BCUT2D eigenvalue weighted by molar-refractivity contribution is -0.147. The van der Waals surface area contributed by atoms with Gasteiger partial charge in [0.15, 0.2) is 11.9 Å². The van der Waals surface area contributed by atoms with Crippen molar-refractivity contribution in [1.82, 2.24) is 14.9 Å². The Morgan fingerprint density at radius 1 is 1.02 bits per heavy atom. The van der Waals surface area contributed by atoms with Crippen LogP contribution < -0.4 is 20.1 Å². The number of hydrogen-bond acceptors (Lipinski definition) is 10. The second-order valence-electron chi connectivity index (χ2n) is 11.1. The molecule has 4 aromatic rings. The molecule has 2 unspecified atom stereocenters. The summed E-state index contributed by atoms with van der Waals surface area (Å²) in [6, 6.07) is 21.8. The van der Waals surface area contributed by atoms with Gasteiger partial charge in [0, 0.05) is 11.3 Å². The molecular formula is C33H36N4O9S. The van der Waals surface area contributed by atoms with Gasteiger partial charge in [0.2, 0.25) is 10.0 Å². The van der Waals surface area contributed by atoms with E-state index in [-0.39, 0.29) is 37.8 Å². The monoisotopic (exact) mass is 664 g/mol. The van der Waals surface area contributed by atoms with Gasteiger partial charge in [-0.25, -0.2) is 22.7 Å². The van der Waals surface area contributed by atoms with Gasteiger partial charge < -0.3 is 14.2 Å². The maximum absolute atomic E-state index is 13.0. The molecule has 14 heteroatoms. The third-order valence-corrected chi connectivity index (χ3v) is 8.88. The van der Waals surface area contributed by atoms with Gasteiger partial charge in [0.25, 0.3) is 0 Å². The van der Waals surface area contributed by atoms with Gasteiger partial charge in [0.05, 0.1) is 12.3 Å². The Kier molecular flexibility index (Phi) is 11.1. The molecule has 248 valence electrons. The molecule has 2 atom stereocenters. The molecular weight excluding hydrogens is 628 g/mol. The van der Waals surface area contributed by atoms with E-state index in [0.29, 0.717) is 29.0 Å². The van der Waals surface area contributed by atoms with Crippen molar-refractivity contribution in [2.24, 2.45) is 0 Å². The number of H-pyrrole nitrogens is 1. The Morgan fingerprint density at radius 2 is 1.77 bits per heavy atom. The number of sulfonamides is 1. The van der Waals surface area contributed by atoms with E-state index >= 15 is 0 Å². The van der Waals surface area contributed by atoms with Gasteiger partial charge in [-0.2, -0.15) is 0 Å². The number of rotatable bonds is 16. The van der Waals surface area contributed by atoms with Crippen molar-refractivity contribution in [3.05, 3.63) is 101 Å². The normalized spacial score (nSPS) is 15.3. The molecule has 1 aliphatic heterocycles. The Morgan fingerprint density at radius 3 is 2.45 bits per heavy atom. The Labute approximate surface area is 271 Å². The van der Waals surface area contributed by atoms with Gasteiger partial charge in [-0.3, -0.25) is 19.2 Å². The van der Waals surface area contributed by atoms with Crippen molar-refractivity contribution in [2.75, 3.05) is 23.8 Å². The summed E-state index contributed by atoms with van der Waals surface area (Å²) in [6.45, 7) is 2.38. The number of ether oxygens (including phenoxy) is 3. The summed E-state index contributed by atoms with van der Waals surface area (Å²) in [4.78, 5) is 40.7. The lowest BCUT2D eigenvalue weighted by Gasteiger charge is -2.18. The van der Waals surface area contributed by atoms with Gasteiger partial charge in [-0.1, -0.05) is 67.4 Å². The molecule has 1 aromatic heterocycles. The van der Waals surface area contributed by atoms with Crippen LogP contribution in [-0.2, 0) is 37.3 Å². The van der Waals surface area contributed by atoms with Crippen molar-refractivity contribution in [2.45, 2.75) is 51.4 Å². The molecule has 47 heavy (non-hydrogen) atoms. The van der Waals surface area contributed by atoms with E-state index in [4.69, 9.17) is 14.2 Å². The fourth-order valence-corrected chi connectivity index (χ4v) is 6.25. The molecule has 13 nitrogen and oxygen atoms in total. The average molecular weight is 665 g/mol. The highest BCUT2D eigenvalue weighted by atomic mass is 32.2. The van der Waals surface area contributed by atoms with Crippen LogP contribution in [-0.4, -0.2) is 61.7 Å². The van der Waals surface area contributed by atoms with Crippen molar-refractivity contribution in [3.8, 4) is 17.1 Å². The van der Waals surface area contributed by atoms with Crippen LogP contribution >= 0.6 is 0 Å². The Balaban J connectivity index is 1.16. The number of carbonyl (C=O) groups excluding carboxylic acids is 2. The van der Waals surface area contributed by atoms with Crippen molar-refractivity contribution >= 4 is 27.8 Å². The fourth-order valence-electron chi connectivity index (χ4n) is 4.94. The first-order valence-electron chi connectivity index (χ1n) is 15.3. The third-order valence-electron chi connectivity index (χ3n) is 7.41. The zero-order valence-electron chi connectivity index (χ0n) is 25.8. The molecule has 1 saturated heterocycles. The number of nitrogens with zero attached hydrogens (tertiary/aromatic N) is 2. The quantitative estimate of drug-likeness (QED) is 0.131. The first-order chi connectivity index (χ1) is 22.7. The second kappa shape index (κ2) is 15.6. The van der Waals surface area contributed by atoms with Gasteiger partial charge in [-0.15, -0.1) is 0 Å². The molecule has 0 saturated carbocycles. The number of nitrogens with one attached hydrogen (secondary N) is 2. The van der Waals surface area contributed by atoms with E-state index in [9.17, 15) is 22.8 Å². The smallest absolute Gasteiger partial charge is 0.439 e. The number of aromatic amines is 1. The molecule has 0 spiro atoms. The molecule has 2 N–H and O–H groups in total. The number of unbranched alkanes of at least 4 members (excludes halogenated alkanes) is 2. The van der Waals surface area contributed by atoms with Crippen LogP contribution in [0.2, 0.25) is 0 Å². The van der Waals surface area contributed by atoms with Crippen LogP contribution in [0.5, 0.6) is 5.75 Å². The minimum atomic E-state index is -3.71. The molecule has 0 bridgehead atoms. The van der Waals surface area contributed by atoms with Crippen LogP contribution in [0.25, 0.3) is 11.4 Å². The lowest BCUT2D eigenvalue weighted by Crippen LogP contribution is -2.44. The van der Waals surface area contributed by atoms with Crippen LogP contribution in [0, 0.1) is 0 Å². The van der Waals surface area contributed by atoms with E-state index in [1.54, 1.807) is 48.5 Å². The summed E-state index contributed by atoms with van der Waals surface area (Å²) >= 11 is 0. The first-order valence-corrected chi connectivity index (χ1v) is 16.9. The Hall–Kier alpha value is -4.95. The fraction of sp³-hybridized carbons (Fsp3) is 0.333. The summed E-state index contributed by atoms with van der Waals surface area (Å²) < 4.78 is 49.4. The van der Waals surface area contributed by atoms with E-state index < -0.39 is 40.0 Å². The number of aromatic nitrogens is 2. The van der Waals surface area contributed by atoms with Gasteiger partial charge >= 0.3 is 17.8 Å². The third kappa shape index (κ3) is 9.53. The molecule has 3 aromatic carbocycles. The number of benzene rings is 3. The molecule has 1 aliphatic rings. The van der Waals surface area contributed by atoms with Gasteiger partial charge in [0.1, 0.15) is 25.0 Å². The maximum Gasteiger partial charge on any atom is 0.439 e. The van der Waals surface area contributed by atoms with Crippen LogP contribution in [0.1, 0.15) is 37.3 Å². The molecule has 1 fully saturated rings. The number of amides is 1. The molecule has 1 amide bonds. The Bertz CT molecular complexity index is 1790. The number of cyclic esters (lactones) is 1. The van der Waals surface area contributed by atoms with Crippen molar-refractivity contribution < 1.29 is 36.7 Å². The molecule has 5 rings (SSSR count). The van der Waals surface area contributed by atoms with E-state index in [1.807, 2.05) is 37.3 Å². The van der Waals surface area contributed by atoms with E-state index in [1.165, 1.54) is 4.90 Å². The minimum absolute atomic E-state index is 0.0276. The highest BCUT2D eigenvalue weighted by molar-refractivity contribution is 7.89. The number of carbonyl (C=O) groups is 2. The highest BCUT2D eigenvalue weighted by Crippen LogP contribution is 2.25. The summed E-state index contributed by atoms with van der Waals surface area (Å²) in [7, 11) is -3.71. The zero-order valence-corrected chi connectivity index (χ0v) is 26.6. The first kappa shape index (κ1) is 33.4. The minimum Gasteiger partial charge on any atom is -0.490 e. The summed E-state index contributed by atoms with van der Waals surface area (Å²) in [5, 5.41) is 3.65. The molecule has 0 aliphatic carbocycles. The summed E-state index contributed by atoms with van der Waals surface area (Å²) in [5.74, 6) is -0.602. The van der Waals surface area contributed by atoms with Crippen molar-refractivity contribution in [3.63, 3.8) is 0 Å². The zero-order chi connectivity index (χ0) is 33.2. The maximum atomic E-state index is 13.0. The predicted octanol–water partition coefficient (Wildman–Crippen LogP) is 4.20. The van der Waals surface area contributed by atoms with Crippen LogP contribution in [0.15, 0.2) is 88.2 Å². The molecule has 0 radical (unpaired) electrons. The van der Waals surface area contributed by atoms with Crippen molar-refractivity contribution in [1.29, 1.82) is 0 Å². The summed E-state index contributed by atoms with van der Waals surface area (Å²) in [5.41, 5.74) is 2.72. The SMILES string of the molecule is CCCCCS(=O)(=O)NC(Cc1ccc(OCC2CN(c3ccc(-c4noc(=O)[nH]4)cc3)C(=O)O2)cc1)C(=O)OCc1ccccc1. The van der Waals surface area contributed by atoms with Crippen LogP contribution in [0.3, 0.4) is 0 Å². The molecule has 2 heterocycles. The highest BCUT2D eigenvalue weighted by Gasteiger charge is 2.33.